The number of aliphatic imine (C=N–C) groups is 1. The van der Waals surface area contributed by atoms with E-state index in [1.54, 1.807) is 25.3 Å². The van der Waals surface area contributed by atoms with Crippen LogP contribution in [0.5, 0.6) is 0 Å². The average molecular weight is 439 g/mol. The molecule has 2 atom stereocenters. The van der Waals surface area contributed by atoms with E-state index in [9.17, 15) is 14.0 Å². The molecule has 1 unspecified atom stereocenters. The SMILES string of the molecule is CN=C1CCN(c2ccc(-c3ccc(N4CC([C@H](C)C(N)=O)OC4=O)cc3F)cn2)CC1. The van der Waals surface area contributed by atoms with Crippen LogP contribution in [0.4, 0.5) is 20.7 Å². The van der Waals surface area contributed by atoms with E-state index >= 15 is 0 Å². The van der Waals surface area contributed by atoms with Gasteiger partial charge in [-0.15, -0.1) is 0 Å². The van der Waals surface area contributed by atoms with Crippen molar-refractivity contribution in [3.8, 4) is 11.1 Å². The van der Waals surface area contributed by atoms with Gasteiger partial charge in [-0.1, -0.05) is 0 Å². The summed E-state index contributed by atoms with van der Waals surface area (Å²) in [6.07, 6.45) is 2.22. The highest BCUT2D eigenvalue weighted by molar-refractivity contribution is 5.91. The first kappa shape index (κ1) is 21.7. The number of cyclic esters (lactones) is 1. The van der Waals surface area contributed by atoms with Crippen LogP contribution in [0.1, 0.15) is 19.8 Å². The molecule has 0 saturated carbocycles. The number of carbonyl (C=O) groups is 2. The molecule has 9 heteroatoms. The maximum Gasteiger partial charge on any atom is 0.414 e. The average Bonchev–Trinajstić information content (AvgIpc) is 3.20. The highest BCUT2D eigenvalue weighted by Crippen LogP contribution is 2.30. The Balaban J connectivity index is 1.48. The van der Waals surface area contributed by atoms with Gasteiger partial charge in [0.05, 0.1) is 18.2 Å². The zero-order valence-electron chi connectivity index (χ0n) is 18.1. The number of primary amides is 1. The van der Waals surface area contributed by atoms with Crippen LogP contribution in [-0.4, -0.2) is 55.5 Å². The molecule has 0 radical (unpaired) electrons. The Morgan fingerprint density at radius 3 is 2.62 bits per heavy atom. The number of carbonyl (C=O) groups excluding carboxylic acids is 2. The number of halogens is 1. The summed E-state index contributed by atoms with van der Waals surface area (Å²) >= 11 is 0. The minimum Gasteiger partial charge on any atom is -0.443 e. The van der Waals surface area contributed by atoms with Crippen LogP contribution in [0, 0.1) is 11.7 Å². The monoisotopic (exact) mass is 439 g/mol. The van der Waals surface area contributed by atoms with Gasteiger partial charge in [-0.3, -0.25) is 14.7 Å². The summed E-state index contributed by atoms with van der Waals surface area (Å²) in [4.78, 5) is 35.9. The van der Waals surface area contributed by atoms with Crippen LogP contribution in [0.3, 0.4) is 0 Å². The molecule has 0 aliphatic carbocycles. The number of aromatic nitrogens is 1. The minimum atomic E-state index is -0.658. The Labute approximate surface area is 185 Å². The smallest absolute Gasteiger partial charge is 0.414 e. The molecule has 2 aliphatic rings. The summed E-state index contributed by atoms with van der Waals surface area (Å²) in [5.41, 5.74) is 7.92. The molecule has 8 nitrogen and oxygen atoms in total. The van der Waals surface area contributed by atoms with Crippen molar-refractivity contribution >= 4 is 29.2 Å². The first-order valence-electron chi connectivity index (χ1n) is 10.6. The second-order valence-electron chi connectivity index (χ2n) is 8.07. The van der Waals surface area contributed by atoms with Crippen molar-refractivity contribution in [2.75, 3.05) is 36.5 Å². The van der Waals surface area contributed by atoms with Crippen LogP contribution in [-0.2, 0) is 9.53 Å². The number of amides is 2. The fraction of sp³-hybridized carbons (Fsp3) is 0.391. The highest BCUT2D eigenvalue weighted by atomic mass is 19.1. The van der Waals surface area contributed by atoms with Crippen molar-refractivity contribution in [3.63, 3.8) is 0 Å². The molecular weight excluding hydrogens is 413 g/mol. The highest BCUT2D eigenvalue weighted by Gasteiger charge is 2.38. The fourth-order valence-electron chi connectivity index (χ4n) is 4.00. The van der Waals surface area contributed by atoms with Crippen LogP contribution in [0.2, 0.25) is 0 Å². The van der Waals surface area contributed by atoms with E-state index in [4.69, 9.17) is 10.5 Å². The number of hydrogen-bond donors (Lipinski definition) is 1. The predicted octanol–water partition coefficient (Wildman–Crippen LogP) is 3.01. The Bertz CT molecular complexity index is 1050. The molecule has 0 bridgehead atoms. The number of ether oxygens (including phenoxy) is 1. The summed E-state index contributed by atoms with van der Waals surface area (Å²) in [5.74, 6) is -0.794. The minimum absolute atomic E-state index is 0.137. The van der Waals surface area contributed by atoms with Gasteiger partial charge in [0.25, 0.3) is 0 Å². The molecule has 32 heavy (non-hydrogen) atoms. The molecule has 2 aliphatic heterocycles. The van der Waals surface area contributed by atoms with Gasteiger partial charge in [0.2, 0.25) is 5.91 Å². The molecule has 2 aromatic rings. The second kappa shape index (κ2) is 8.94. The lowest BCUT2D eigenvalue weighted by Crippen LogP contribution is -2.34. The molecule has 0 spiro atoms. The van der Waals surface area contributed by atoms with E-state index < -0.39 is 29.8 Å². The summed E-state index contributed by atoms with van der Waals surface area (Å²) < 4.78 is 20.2. The van der Waals surface area contributed by atoms with Crippen molar-refractivity contribution in [3.05, 3.63) is 42.3 Å². The molecule has 168 valence electrons. The van der Waals surface area contributed by atoms with E-state index in [-0.39, 0.29) is 6.54 Å². The molecule has 4 rings (SSSR count). The molecule has 3 heterocycles. The zero-order chi connectivity index (χ0) is 22.8. The van der Waals surface area contributed by atoms with Gasteiger partial charge in [-0.2, -0.15) is 0 Å². The number of nitrogens with zero attached hydrogens (tertiary/aromatic N) is 4. The summed E-state index contributed by atoms with van der Waals surface area (Å²) in [5, 5.41) is 0. The Hall–Kier alpha value is -3.49. The van der Waals surface area contributed by atoms with Gasteiger partial charge in [0.1, 0.15) is 17.7 Å². The molecule has 1 aromatic carbocycles. The number of hydrogen-bond acceptors (Lipinski definition) is 6. The summed E-state index contributed by atoms with van der Waals surface area (Å²) in [6, 6.07) is 8.30. The number of pyridine rings is 1. The van der Waals surface area contributed by atoms with Crippen LogP contribution in [0.15, 0.2) is 41.5 Å². The summed E-state index contributed by atoms with van der Waals surface area (Å²) in [6.45, 7) is 3.47. The van der Waals surface area contributed by atoms with E-state index in [0.717, 1.165) is 31.7 Å². The third-order valence-electron chi connectivity index (χ3n) is 6.15. The van der Waals surface area contributed by atoms with E-state index in [0.29, 0.717) is 16.8 Å². The second-order valence-corrected chi connectivity index (χ2v) is 8.07. The lowest BCUT2D eigenvalue weighted by Gasteiger charge is -2.28. The first-order valence-corrected chi connectivity index (χ1v) is 10.6. The molecular formula is C23H26FN5O3. The van der Waals surface area contributed by atoms with Gasteiger partial charge < -0.3 is 15.4 Å². The van der Waals surface area contributed by atoms with E-state index in [1.165, 1.54) is 16.7 Å². The summed E-state index contributed by atoms with van der Waals surface area (Å²) in [7, 11) is 1.82. The number of rotatable bonds is 5. The van der Waals surface area contributed by atoms with Gasteiger partial charge >= 0.3 is 6.09 Å². The maximum atomic E-state index is 14.9. The van der Waals surface area contributed by atoms with Crippen molar-refractivity contribution < 1.29 is 18.7 Å². The lowest BCUT2D eigenvalue weighted by atomic mass is 10.0. The quantitative estimate of drug-likeness (QED) is 0.772. The van der Waals surface area contributed by atoms with E-state index in [1.807, 2.05) is 19.2 Å². The topological polar surface area (TPSA) is 101 Å². The maximum absolute atomic E-state index is 14.9. The van der Waals surface area contributed by atoms with Gasteiger partial charge in [0, 0.05) is 56.0 Å². The standard InChI is InChI=1S/C23H26FN5O3/c1-14(22(25)30)20-13-29(23(31)32-20)17-4-5-18(19(24)11-17)15-3-6-21(27-12-15)28-9-7-16(26-2)8-10-28/h3-6,11-12,14,20H,7-10,13H2,1-2H3,(H2,25,30)/t14-,20?/m0/s1. The number of anilines is 2. The van der Waals surface area contributed by atoms with Crippen molar-refractivity contribution in [2.24, 2.45) is 16.6 Å². The number of nitrogens with two attached hydrogens (primary N) is 1. The van der Waals surface area contributed by atoms with Gasteiger partial charge in [0.15, 0.2) is 0 Å². The third kappa shape index (κ3) is 4.28. The van der Waals surface area contributed by atoms with Crippen molar-refractivity contribution in [1.82, 2.24) is 4.98 Å². The first-order chi connectivity index (χ1) is 15.4. The third-order valence-corrected chi connectivity index (χ3v) is 6.15. The Kier molecular flexibility index (Phi) is 6.07. The predicted molar refractivity (Wildman–Crippen MR) is 120 cm³/mol. The Morgan fingerprint density at radius 2 is 2.03 bits per heavy atom. The van der Waals surface area contributed by atoms with Gasteiger partial charge in [-0.05, 0) is 37.3 Å². The van der Waals surface area contributed by atoms with Gasteiger partial charge in [-0.25, -0.2) is 14.2 Å². The normalized spacial score (nSPS) is 19.7. The number of piperidine rings is 1. The van der Waals surface area contributed by atoms with E-state index in [2.05, 4.69) is 14.9 Å². The molecule has 2 N–H and O–H groups in total. The van der Waals surface area contributed by atoms with Crippen LogP contribution >= 0.6 is 0 Å². The fourth-order valence-corrected chi connectivity index (χ4v) is 4.00. The van der Waals surface area contributed by atoms with Crippen molar-refractivity contribution in [1.29, 1.82) is 0 Å². The Morgan fingerprint density at radius 1 is 1.28 bits per heavy atom. The van der Waals surface area contributed by atoms with Crippen molar-refractivity contribution in [2.45, 2.75) is 25.9 Å². The zero-order valence-corrected chi connectivity index (χ0v) is 18.1. The molecule has 2 saturated heterocycles. The molecule has 1 aromatic heterocycles. The number of benzene rings is 1. The molecule has 2 amide bonds. The van der Waals surface area contributed by atoms with Crippen LogP contribution < -0.4 is 15.5 Å². The van der Waals surface area contributed by atoms with Crippen LogP contribution in [0.25, 0.3) is 11.1 Å². The lowest BCUT2D eigenvalue weighted by molar-refractivity contribution is -0.123. The largest absolute Gasteiger partial charge is 0.443 e. The molecule has 2 fully saturated rings.